The van der Waals surface area contributed by atoms with Crippen LogP contribution >= 0.6 is 0 Å². The van der Waals surface area contributed by atoms with Crippen molar-refractivity contribution >= 4 is 16.1 Å². The lowest BCUT2D eigenvalue weighted by molar-refractivity contribution is -0.125. The number of amides is 1. The van der Waals surface area contributed by atoms with Gasteiger partial charge in [-0.2, -0.15) is 17.4 Å². The molecule has 2 atom stereocenters. The zero-order valence-electron chi connectivity index (χ0n) is 17.9. The predicted octanol–water partition coefficient (Wildman–Crippen LogP) is 1.61. The second-order valence-corrected chi connectivity index (χ2v) is 8.89. The summed E-state index contributed by atoms with van der Waals surface area (Å²) in [7, 11) is 2.17. The maximum Gasteiger partial charge on any atom is 0.280 e. The molecule has 168 valence electrons. The average Bonchev–Trinajstić information content (AvgIpc) is 2.78. The van der Waals surface area contributed by atoms with Gasteiger partial charge in [0.15, 0.2) is 11.5 Å². The number of carbonyl (C=O) groups excluding carboxylic acids is 1. The molecule has 1 heterocycles. The van der Waals surface area contributed by atoms with E-state index in [0.717, 1.165) is 15.6 Å². The Balaban J connectivity index is 1.76. The van der Waals surface area contributed by atoms with E-state index in [1.165, 1.54) is 21.3 Å². The van der Waals surface area contributed by atoms with Gasteiger partial charge in [-0.15, -0.1) is 0 Å². The first-order valence-electron chi connectivity index (χ1n) is 9.67. The minimum atomic E-state index is -3.85. The molecule has 31 heavy (non-hydrogen) atoms. The number of rotatable bonds is 7. The molecule has 1 aliphatic heterocycles. The average molecular weight is 450 g/mol. The van der Waals surface area contributed by atoms with Crippen LogP contribution in [0.1, 0.15) is 23.6 Å². The fourth-order valence-corrected chi connectivity index (χ4v) is 4.72. The Bertz CT molecular complexity index is 1030. The summed E-state index contributed by atoms with van der Waals surface area (Å²) in [6, 6.07) is 11.0. The summed E-state index contributed by atoms with van der Waals surface area (Å²) in [4.78, 5) is 12.9. The van der Waals surface area contributed by atoms with Gasteiger partial charge in [0.05, 0.1) is 27.4 Å². The topological polar surface area (TPSA) is 106 Å². The quantitative estimate of drug-likeness (QED) is 0.665. The van der Waals surface area contributed by atoms with Crippen molar-refractivity contribution < 1.29 is 27.4 Å². The van der Waals surface area contributed by atoms with Crippen molar-refractivity contribution in [2.45, 2.75) is 25.0 Å². The van der Waals surface area contributed by atoms with E-state index in [-0.39, 0.29) is 18.9 Å². The van der Waals surface area contributed by atoms with Crippen molar-refractivity contribution in [3.63, 3.8) is 0 Å². The van der Waals surface area contributed by atoms with Crippen LogP contribution in [0.3, 0.4) is 0 Å². The van der Waals surface area contributed by atoms with Gasteiger partial charge < -0.3 is 19.5 Å². The van der Waals surface area contributed by atoms with Gasteiger partial charge in [-0.25, -0.2) is 0 Å². The number of benzene rings is 2. The Labute approximate surface area is 182 Å². The standard InChI is InChI=1S/C21H27N3O6S/c1-24-18(21(25)22-13-14-5-8-16(28-2)9-6-14)12-17(23-31(24,26)27)15-7-10-19(29-3)20(11-15)30-4/h5-11,17-18,23H,12-13H2,1-4H3,(H,22,25)/t17-,18+/m0/s1. The van der Waals surface area contributed by atoms with Crippen LogP contribution in [0.25, 0.3) is 0 Å². The largest absolute Gasteiger partial charge is 0.497 e. The van der Waals surface area contributed by atoms with Gasteiger partial charge in [-0.1, -0.05) is 18.2 Å². The summed E-state index contributed by atoms with van der Waals surface area (Å²) in [6.45, 7) is 0.279. The van der Waals surface area contributed by atoms with E-state index >= 15 is 0 Å². The van der Waals surface area contributed by atoms with Gasteiger partial charge in [0.1, 0.15) is 11.8 Å². The Morgan fingerprint density at radius 2 is 1.74 bits per heavy atom. The van der Waals surface area contributed by atoms with Crippen LogP contribution in [0.4, 0.5) is 0 Å². The van der Waals surface area contributed by atoms with Gasteiger partial charge in [0, 0.05) is 13.6 Å². The van der Waals surface area contributed by atoms with Crippen LogP contribution in [0.15, 0.2) is 42.5 Å². The number of nitrogens with one attached hydrogen (secondary N) is 2. The zero-order chi connectivity index (χ0) is 22.6. The Hall–Kier alpha value is -2.82. The van der Waals surface area contributed by atoms with Gasteiger partial charge in [-0.3, -0.25) is 4.79 Å². The predicted molar refractivity (Wildman–Crippen MR) is 115 cm³/mol. The third-order valence-corrected chi connectivity index (χ3v) is 6.90. The molecule has 1 saturated heterocycles. The van der Waals surface area contributed by atoms with E-state index in [2.05, 4.69) is 10.0 Å². The van der Waals surface area contributed by atoms with E-state index < -0.39 is 22.3 Å². The summed E-state index contributed by atoms with van der Waals surface area (Å²) in [5.41, 5.74) is 1.56. The minimum Gasteiger partial charge on any atom is -0.497 e. The molecule has 2 N–H and O–H groups in total. The molecule has 1 fully saturated rings. The zero-order valence-corrected chi connectivity index (χ0v) is 18.7. The first-order valence-corrected chi connectivity index (χ1v) is 11.1. The maximum absolute atomic E-state index is 12.9. The summed E-state index contributed by atoms with van der Waals surface area (Å²) >= 11 is 0. The third kappa shape index (κ3) is 5.09. The fraction of sp³-hybridized carbons (Fsp3) is 0.381. The van der Waals surface area contributed by atoms with Crippen LogP contribution in [0, 0.1) is 0 Å². The van der Waals surface area contributed by atoms with Crippen molar-refractivity contribution in [1.82, 2.24) is 14.3 Å². The number of methoxy groups -OCH3 is 3. The first kappa shape index (κ1) is 22.9. The lowest BCUT2D eigenvalue weighted by Gasteiger charge is -2.36. The maximum atomic E-state index is 12.9. The molecule has 0 aromatic heterocycles. The van der Waals surface area contributed by atoms with Crippen LogP contribution in [-0.4, -0.2) is 53.0 Å². The number of hydrogen-bond donors (Lipinski definition) is 2. The van der Waals surface area contributed by atoms with E-state index in [9.17, 15) is 13.2 Å². The molecule has 0 aliphatic carbocycles. The molecule has 1 aliphatic rings. The smallest absolute Gasteiger partial charge is 0.280 e. The summed E-state index contributed by atoms with van der Waals surface area (Å²) in [5.74, 6) is 1.38. The molecule has 1 amide bonds. The second kappa shape index (κ2) is 9.54. The number of ether oxygens (including phenoxy) is 3. The normalized spacial score (nSPS) is 20.6. The number of carbonyl (C=O) groups is 1. The van der Waals surface area contributed by atoms with E-state index in [1.54, 1.807) is 37.4 Å². The summed E-state index contributed by atoms with van der Waals surface area (Å²) in [6.07, 6.45) is 0.264. The molecule has 3 rings (SSSR count). The summed E-state index contributed by atoms with van der Waals surface area (Å²) < 4.78 is 44.7. The highest BCUT2D eigenvalue weighted by Crippen LogP contribution is 2.34. The Kier molecular flexibility index (Phi) is 7.04. The van der Waals surface area contributed by atoms with Gasteiger partial charge in [-0.05, 0) is 41.8 Å². The van der Waals surface area contributed by atoms with Crippen molar-refractivity contribution in [2.24, 2.45) is 0 Å². The van der Waals surface area contributed by atoms with Gasteiger partial charge >= 0.3 is 0 Å². The van der Waals surface area contributed by atoms with Gasteiger partial charge in [0.25, 0.3) is 10.2 Å². The molecule has 0 unspecified atom stereocenters. The monoisotopic (exact) mass is 449 g/mol. The Morgan fingerprint density at radius 1 is 1.06 bits per heavy atom. The molecule has 2 aromatic rings. The van der Waals surface area contributed by atoms with Crippen molar-refractivity contribution in [3.8, 4) is 17.2 Å². The van der Waals surface area contributed by atoms with Crippen LogP contribution in [0.2, 0.25) is 0 Å². The van der Waals surface area contributed by atoms with Crippen molar-refractivity contribution in [2.75, 3.05) is 28.4 Å². The molecular formula is C21H27N3O6S. The molecule has 2 aromatic carbocycles. The van der Waals surface area contributed by atoms with Crippen LogP contribution in [-0.2, 0) is 21.5 Å². The first-order chi connectivity index (χ1) is 14.8. The third-order valence-electron chi connectivity index (χ3n) is 5.31. The molecule has 0 saturated carbocycles. The highest BCUT2D eigenvalue weighted by atomic mass is 32.2. The summed E-state index contributed by atoms with van der Waals surface area (Å²) in [5, 5.41) is 2.83. The SMILES string of the molecule is COc1ccc(CNC(=O)[C@H]2C[C@@H](c3ccc(OC)c(OC)c3)NS(=O)(=O)N2C)cc1. The molecule has 0 bridgehead atoms. The fourth-order valence-electron chi connectivity index (χ4n) is 3.45. The highest BCUT2D eigenvalue weighted by Gasteiger charge is 2.40. The van der Waals surface area contributed by atoms with Crippen molar-refractivity contribution in [3.05, 3.63) is 53.6 Å². The van der Waals surface area contributed by atoms with E-state index in [4.69, 9.17) is 14.2 Å². The molecule has 10 heteroatoms. The number of hydrogen-bond acceptors (Lipinski definition) is 6. The highest BCUT2D eigenvalue weighted by molar-refractivity contribution is 7.87. The van der Waals surface area contributed by atoms with E-state index in [0.29, 0.717) is 17.1 Å². The number of nitrogens with zero attached hydrogens (tertiary/aromatic N) is 1. The molecule has 9 nitrogen and oxygen atoms in total. The molecule has 0 radical (unpaired) electrons. The lowest BCUT2D eigenvalue weighted by atomic mass is 9.99. The number of likely N-dealkylation sites (N-methyl/N-ethyl adjacent to an activating group) is 1. The molecule has 0 spiro atoms. The Morgan fingerprint density at radius 3 is 2.35 bits per heavy atom. The molecular weight excluding hydrogens is 422 g/mol. The minimum absolute atomic E-state index is 0.264. The van der Waals surface area contributed by atoms with Gasteiger partial charge in [0.2, 0.25) is 5.91 Å². The van der Waals surface area contributed by atoms with Crippen molar-refractivity contribution in [1.29, 1.82) is 0 Å². The van der Waals surface area contributed by atoms with Crippen LogP contribution in [0.5, 0.6) is 17.2 Å². The second-order valence-electron chi connectivity index (χ2n) is 7.12. The lowest BCUT2D eigenvalue weighted by Crippen LogP contribution is -2.57. The van der Waals surface area contributed by atoms with E-state index in [1.807, 2.05) is 12.1 Å². The van der Waals surface area contributed by atoms with Crippen LogP contribution < -0.4 is 24.2 Å².